The summed E-state index contributed by atoms with van der Waals surface area (Å²) >= 11 is 0. The molecule has 2 rings (SSSR count). The molecule has 2 heterocycles. The van der Waals surface area contributed by atoms with E-state index in [1.807, 2.05) is 12.3 Å². The zero-order chi connectivity index (χ0) is 14.4. The normalized spacial score (nSPS) is 17.6. The summed E-state index contributed by atoms with van der Waals surface area (Å²) in [5, 5.41) is 3.43. The predicted octanol–water partition coefficient (Wildman–Crippen LogP) is 2.43. The van der Waals surface area contributed by atoms with Gasteiger partial charge in [0.2, 0.25) is 0 Å². The van der Waals surface area contributed by atoms with Crippen LogP contribution in [0.25, 0.3) is 0 Å². The van der Waals surface area contributed by atoms with Crippen molar-refractivity contribution in [2.45, 2.75) is 38.8 Å². The van der Waals surface area contributed by atoms with E-state index >= 15 is 0 Å². The standard InChI is InChI=1S/C16H28N4/c1-4-9-17-16-14(6-5-10-18-16)13-20-11-7-15(8-12-20)19(2)3/h5-6,10,15H,4,7-9,11-13H2,1-3H3,(H,17,18). The number of nitrogens with zero attached hydrogens (tertiary/aromatic N) is 3. The molecule has 20 heavy (non-hydrogen) atoms. The zero-order valence-electron chi connectivity index (χ0n) is 13.1. The number of anilines is 1. The van der Waals surface area contributed by atoms with E-state index in [0.717, 1.165) is 31.4 Å². The number of aromatic nitrogens is 1. The summed E-state index contributed by atoms with van der Waals surface area (Å²) in [5.41, 5.74) is 1.32. The summed E-state index contributed by atoms with van der Waals surface area (Å²) in [6.45, 7) is 6.56. The van der Waals surface area contributed by atoms with E-state index in [1.54, 1.807) is 0 Å². The minimum Gasteiger partial charge on any atom is -0.370 e. The lowest BCUT2D eigenvalue weighted by atomic mass is 10.0. The summed E-state index contributed by atoms with van der Waals surface area (Å²) in [6.07, 6.45) is 5.54. The van der Waals surface area contributed by atoms with E-state index in [0.29, 0.717) is 0 Å². The van der Waals surface area contributed by atoms with E-state index in [2.05, 4.69) is 47.2 Å². The first-order valence-electron chi connectivity index (χ1n) is 7.77. The van der Waals surface area contributed by atoms with Gasteiger partial charge in [-0.15, -0.1) is 0 Å². The lowest BCUT2D eigenvalue weighted by Gasteiger charge is -2.35. The van der Waals surface area contributed by atoms with Crippen LogP contribution in [0.3, 0.4) is 0 Å². The summed E-state index contributed by atoms with van der Waals surface area (Å²) in [6, 6.07) is 4.99. The van der Waals surface area contributed by atoms with Gasteiger partial charge in [0.05, 0.1) is 0 Å². The minimum atomic E-state index is 0.748. The maximum absolute atomic E-state index is 4.48. The van der Waals surface area contributed by atoms with Crippen LogP contribution < -0.4 is 5.32 Å². The molecule has 0 spiro atoms. The molecule has 1 saturated heterocycles. The molecule has 0 amide bonds. The van der Waals surface area contributed by atoms with Crippen LogP contribution in [-0.4, -0.2) is 54.6 Å². The average molecular weight is 276 g/mol. The van der Waals surface area contributed by atoms with E-state index in [4.69, 9.17) is 0 Å². The molecule has 1 aliphatic rings. The number of hydrogen-bond donors (Lipinski definition) is 1. The molecule has 0 bridgehead atoms. The van der Waals surface area contributed by atoms with Gasteiger partial charge in [-0.1, -0.05) is 13.0 Å². The highest BCUT2D eigenvalue weighted by Crippen LogP contribution is 2.19. The van der Waals surface area contributed by atoms with Crippen LogP contribution in [0.2, 0.25) is 0 Å². The summed E-state index contributed by atoms with van der Waals surface area (Å²) in [4.78, 5) is 9.39. The second-order valence-corrected chi connectivity index (χ2v) is 5.91. The lowest BCUT2D eigenvalue weighted by molar-refractivity contribution is 0.140. The Bertz CT molecular complexity index is 397. The van der Waals surface area contributed by atoms with Gasteiger partial charge in [0.1, 0.15) is 5.82 Å². The third kappa shape index (κ3) is 4.18. The second kappa shape index (κ2) is 7.60. The van der Waals surface area contributed by atoms with Crippen molar-refractivity contribution >= 4 is 5.82 Å². The van der Waals surface area contributed by atoms with Crippen LogP contribution >= 0.6 is 0 Å². The van der Waals surface area contributed by atoms with Crippen LogP contribution in [0.1, 0.15) is 31.7 Å². The Morgan fingerprint density at radius 2 is 2.10 bits per heavy atom. The average Bonchev–Trinajstić information content (AvgIpc) is 2.47. The number of piperidine rings is 1. The molecule has 0 radical (unpaired) electrons. The number of pyridine rings is 1. The Morgan fingerprint density at radius 1 is 1.35 bits per heavy atom. The van der Waals surface area contributed by atoms with Gasteiger partial charge in [0.15, 0.2) is 0 Å². The Balaban J connectivity index is 1.90. The third-order valence-electron chi connectivity index (χ3n) is 4.12. The van der Waals surface area contributed by atoms with Crippen LogP contribution in [0.15, 0.2) is 18.3 Å². The Kier molecular flexibility index (Phi) is 5.80. The first-order valence-corrected chi connectivity index (χ1v) is 7.77. The van der Waals surface area contributed by atoms with Gasteiger partial charge in [-0.05, 0) is 52.5 Å². The molecule has 1 aliphatic heterocycles. The van der Waals surface area contributed by atoms with E-state index in [9.17, 15) is 0 Å². The van der Waals surface area contributed by atoms with Gasteiger partial charge in [-0.25, -0.2) is 4.98 Å². The fraction of sp³-hybridized carbons (Fsp3) is 0.688. The molecule has 1 N–H and O–H groups in total. The van der Waals surface area contributed by atoms with Gasteiger partial charge in [-0.3, -0.25) is 4.90 Å². The SMILES string of the molecule is CCCNc1ncccc1CN1CCC(N(C)C)CC1. The topological polar surface area (TPSA) is 31.4 Å². The van der Waals surface area contributed by atoms with Crippen LogP contribution in [0, 0.1) is 0 Å². The van der Waals surface area contributed by atoms with Crippen molar-refractivity contribution in [2.75, 3.05) is 39.0 Å². The van der Waals surface area contributed by atoms with E-state index in [-0.39, 0.29) is 0 Å². The Hall–Kier alpha value is -1.13. The van der Waals surface area contributed by atoms with Crippen LogP contribution in [0.4, 0.5) is 5.82 Å². The van der Waals surface area contributed by atoms with Crippen molar-refractivity contribution in [2.24, 2.45) is 0 Å². The molecule has 4 heteroatoms. The van der Waals surface area contributed by atoms with E-state index < -0.39 is 0 Å². The van der Waals surface area contributed by atoms with Crippen molar-refractivity contribution in [1.29, 1.82) is 0 Å². The van der Waals surface area contributed by atoms with Crippen molar-refractivity contribution in [3.05, 3.63) is 23.9 Å². The molecule has 1 aromatic heterocycles. The van der Waals surface area contributed by atoms with Crippen LogP contribution in [-0.2, 0) is 6.54 Å². The summed E-state index contributed by atoms with van der Waals surface area (Å²) < 4.78 is 0. The Labute approximate surface area is 123 Å². The van der Waals surface area contributed by atoms with Crippen molar-refractivity contribution in [3.63, 3.8) is 0 Å². The molecule has 4 nitrogen and oxygen atoms in total. The van der Waals surface area contributed by atoms with Crippen LogP contribution in [0.5, 0.6) is 0 Å². The monoisotopic (exact) mass is 276 g/mol. The lowest BCUT2D eigenvalue weighted by Crippen LogP contribution is -2.41. The molecular formula is C16H28N4. The molecule has 0 saturated carbocycles. The molecule has 1 fully saturated rings. The fourth-order valence-corrected chi connectivity index (χ4v) is 2.80. The molecular weight excluding hydrogens is 248 g/mol. The predicted molar refractivity (Wildman–Crippen MR) is 85.0 cm³/mol. The van der Waals surface area contributed by atoms with Crippen molar-refractivity contribution < 1.29 is 0 Å². The minimum absolute atomic E-state index is 0.748. The van der Waals surface area contributed by atoms with Crippen molar-refractivity contribution in [1.82, 2.24) is 14.8 Å². The third-order valence-corrected chi connectivity index (χ3v) is 4.12. The highest BCUT2D eigenvalue weighted by molar-refractivity contribution is 5.43. The molecule has 1 aromatic rings. The van der Waals surface area contributed by atoms with Gasteiger partial charge in [0.25, 0.3) is 0 Å². The van der Waals surface area contributed by atoms with Gasteiger partial charge >= 0.3 is 0 Å². The second-order valence-electron chi connectivity index (χ2n) is 5.91. The number of nitrogens with one attached hydrogen (secondary N) is 1. The van der Waals surface area contributed by atoms with Gasteiger partial charge in [-0.2, -0.15) is 0 Å². The van der Waals surface area contributed by atoms with Gasteiger partial charge in [0, 0.05) is 30.9 Å². The smallest absolute Gasteiger partial charge is 0.130 e. The number of likely N-dealkylation sites (tertiary alicyclic amines) is 1. The fourth-order valence-electron chi connectivity index (χ4n) is 2.80. The first-order chi connectivity index (χ1) is 9.70. The molecule has 0 aromatic carbocycles. The highest BCUT2D eigenvalue weighted by atomic mass is 15.2. The largest absolute Gasteiger partial charge is 0.370 e. The zero-order valence-corrected chi connectivity index (χ0v) is 13.1. The molecule has 0 aliphatic carbocycles. The number of hydrogen-bond acceptors (Lipinski definition) is 4. The number of rotatable bonds is 6. The van der Waals surface area contributed by atoms with Gasteiger partial charge < -0.3 is 10.2 Å². The molecule has 112 valence electrons. The molecule has 0 atom stereocenters. The Morgan fingerprint density at radius 3 is 2.75 bits per heavy atom. The highest BCUT2D eigenvalue weighted by Gasteiger charge is 2.21. The first kappa shape index (κ1) is 15.3. The maximum Gasteiger partial charge on any atom is 0.130 e. The molecule has 0 unspecified atom stereocenters. The maximum atomic E-state index is 4.48. The quantitative estimate of drug-likeness (QED) is 0.864. The summed E-state index contributed by atoms with van der Waals surface area (Å²) in [5.74, 6) is 1.06. The van der Waals surface area contributed by atoms with E-state index in [1.165, 1.54) is 31.5 Å². The van der Waals surface area contributed by atoms with Crippen molar-refractivity contribution in [3.8, 4) is 0 Å². The summed E-state index contributed by atoms with van der Waals surface area (Å²) in [7, 11) is 4.38.